The summed E-state index contributed by atoms with van der Waals surface area (Å²) in [6, 6.07) is 12.2. The van der Waals surface area contributed by atoms with Crippen molar-refractivity contribution in [2.24, 2.45) is 5.14 Å². The van der Waals surface area contributed by atoms with Crippen LogP contribution < -0.4 is 10.5 Å². The van der Waals surface area contributed by atoms with Crippen LogP contribution in [0.4, 0.5) is 11.4 Å². The fraction of sp³-hybridized carbons (Fsp3) is 0.400. The van der Waals surface area contributed by atoms with Crippen molar-refractivity contribution in [3.05, 3.63) is 63.7 Å². The van der Waals surface area contributed by atoms with Crippen LogP contribution in [0.1, 0.15) is 37.3 Å². The van der Waals surface area contributed by atoms with E-state index >= 15 is 0 Å². The lowest BCUT2D eigenvalue weighted by atomic mass is 10.0. The van der Waals surface area contributed by atoms with Crippen LogP contribution in [0.3, 0.4) is 0 Å². The summed E-state index contributed by atoms with van der Waals surface area (Å²) >= 11 is 0. The second-order valence-corrected chi connectivity index (χ2v) is 8.95. The molecule has 1 fully saturated rings. The largest absolute Gasteiger partial charge is 0.380 e. The number of likely N-dealkylation sites (tertiary alicyclic amines) is 1. The van der Waals surface area contributed by atoms with Crippen LogP contribution in [0.25, 0.3) is 0 Å². The van der Waals surface area contributed by atoms with Crippen molar-refractivity contribution >= 4 is 21.4 Å². The summed E-state index contributed by atoms with van der Waals surface area (Å²) in [5, 5.41) is 19.3. The van der Waals surface area contributed by atoms with Crippen molar-refractivity contribution in [2.75, 3.05) is 11.9 Å². The molecule has 1 aliphatic rings. The number of piperidine rings is 1. The maximum Gasteiger partial charge on any atom is 0.270 e. The third-order valence-electron chi connectivity index (χ3n) is 5.38. The summed E-state index contributed by atoms with van der Waals surface area (Å²) in [6.07, 6.45) is 3.66. The lowest BCUT2D eigenvalue weighted by molar-refractivity contribution is -0.385. The Morgan fingerprint density at radius 1 is 1.21 bits per heavy atom. The number of nitrogens with one attached hydrogen (secondary N) is 1. The molecule has 1 heterocycles. The molecule has 2 aromatic rings. The summed E-state index contributed by atoms with van der Waals surface area (Å²) in [5.74, 6) is 0. The Hall–Kier alpha value is -2.49. The number of hydrogen-bond acceptors (Lipinski definition) is 6. The van der Waals surface area contributed by atoms with E-state index < -0.39 is 14.9 Å². The first-order chi connectivity index (χ1) is 13.8. The van der Waals surface area contributed by atoms with E-state index in [2.05, 4.69) is 23.2 Å². The van der Waals surface area contributed by atoms with Gasteiger partial charge >= 0.3 is 0 Å². The van der Waals surface area contributed by atoms with E-state index in [0.29, 0.717) is 12.6 Å². The third-order valence-corrected chi connectivity index (χ3v) is 6.34. The maximum atomic E-state index is 11.9. The third kappa shape index (κ3) is 5.31. The summed E-state index contributed by atoms with van der Waals surface area (Å²) in [4.78, 5) is 12.5. The molecule has 0 bridgehead atoms. The summed E-state index contributed by atoms with van der Waals surface area (Å²) in [6.45, 7) is 4.54. The van der Waals surface area contributed by atoms with E-state index in [1.807, 2.05) is 18.2 Å². The molecule has 0 spiro atoms. The molecule has 1 saturated heterocycles. The number of sulfonamides is 1. The number of nitro groups is 1. The second-order valence-electron chi connectivity index (χ2n) is 7.42. The fourth-order valence-corrected chi connectivity index (χ4v) is 4.42. The highest BCUT2D eigenvalue weighted by atomic mass is 32.2. The van der Waals surface area contributed by atoms with Crippen molar-refractivity contribution in [1.29, 1.82) is 0 Å². The van der Waals surface area contributed by atoms with E-state index in [-0.39, 0.29) is 16.3 Å². The monoisotopic (exact) mass is 418 g/mol. The zero-order chi connectivity index (χ0) is 21.0. The average molecular weight is 419 g/mol. The van der Waals surface area contributed by atoms with Gasteiger partial charge in [0.1, 0.15) is 4.90 Å². The molecule has 0 amide bonds. The predicted octanol–water partition coefficient (Wildman–Crippen LogP) is 3.23. The molecule has 29 heavy (non-hydrogen) atoms. The van der Waals surface area contributed by atoms with Crippen molar-refractivity contribution in [2.45, 2.75) is 50.2 Å². The molecule has 3 rings (SSSR count). The van der Waals surface area contributed by atoms with Gasteiger partial charge in [-0.15, -0.1) is 0 Å². The fourth-order valence-electron chi connectivity index (χ4n) is 3.69. The Balaban J connectivity index is 1.81. The van der Waals surface area contributed by atoms with Crippen LogP contribution in [0, 0.1) is 10.1 Å². The molecule has 2 aromatic carbocycles. The van der Waals surface area contributed by atoms with Gasteiger partial charge in [0.25, 0.3) is 5.69 Å². The van der Waals surface area contributed by atoms with Crippen molar-refractivity contribution in [3.8, 4) is 0 Å². The first-order valence-electron chi connectivity index (χ1n) is 9.61. The van der Waals surface area contributed by atoms with Gasteiger partial charge in [-0.3, -0.25) is 15.0 Å². The number of nitrogens with two attached hydrogens (primary N) is 1. The number of anilines is 1. The quantitative estimate of drug-likeness (QED) is 0.526. The molecular weight excluding hydrogens is 392 g/mol. The molecule has 0 radical (unpaired) electrons. The molecule has 156 valence electrons. The highest BCUT2D eigenvalue weighted by Gasteiger charge is 2.21. The molecule has 0 aromatic heterocycles. The van der Waals surface area contributed by atoms with Crippen LogP contribution in [0.5, 0.6) is 0 Å². The van der Waals surface area contributed by atoms with Gasteiger partial charge in [-0.25, -0.2) is 13.6 Å². The van der Waals surface area contributed by atoms with Gasteiger partial charge < -0.3 is 5.32 Å². The van der Waals surface area contributed by atoms with Crippen molar-refractivity contribution in [3.63, 3.8) is 0 Å². The Morgan fingerprint density at radius 3 is 2.59 bits per heavy atom. The minimum Gasteiger partial charge on any atom is -0.380 e. The SMILES string of the molecule is CC1CCCCN1Cc1ccccc1CNc1ccc([N+](=O)[O-])cc1S(N)(=O)=O. The number of rotatable bonds is 7. The molecule has 1 aliphatic heterocycles. The predicted molar refractivity (Wildman–Crippen MR) is 112 cm³/mol. The van der Waals surface area contributed by atoms with Gasteiger partial charge in [-0.05, 0) is 43.5 Å². The molecule has 1 atom stereocenters. The topological polar surface area (TPSA) is 119 Å². The number of nitro benzene ring substituents is 1. The van der Waals surface area contributed by atoms with Crippen LogP contribution in [-0.2, 0) is 23.1 Å². The smallest absolute Gasteiger partial charge is 0.270 e. The number of nitrogens with zero attached hydrogens (tertiary/aromatic N) is 2. The molecule has 8 nitrogen and oxygen atoms in total. The van der Waals surface area contributed by atoms with Crippen LogP contribution in [0.15, 0.2) is 47.4 Å². The summed E-state index contributed by atoms with van der Waals surface area (Å²) in [5.41, 5.74) is 2.15. The number of benzene rings is 2. The van der Waals surface area contributed by atoms with Crippen molar-refractivity contribution in [1.82, 2.24) is 4.90 Å². The minimum atomic E-state index is -4.11. The van der Waals surface area contributed by atoms with E-state index in [4.69, 9.17) is 5.14 Å². The first-order valence-corrected chi connectivity index (χ1v) is 11.2. The highest BCUT2D eigenvalue weighted by Crippen LogP contribution is 2.27. The molecule has 3 N–H and O–H groups in total. The van der Waals surface area contributed by atoms with E-state index in [1.54, 1.807) is 0 Å². The molecule has 9 heteroatoms. The van der Waals surface area contributed by atoms with Gasteiger partial charge in [0.15, 0.2) is 0 Å². The van der Waals surface area contributed by atoms with Gasteiger partial charge in [-0.2, -0.15) is 0 Å². The standard InChI is InChI=1S/C20H26N4O4S/c1-15-6-4-5-11-23(15)14-17-8-3-2-7-16(17)13-22-19-10-9-18(24(25)26)12-20(19)29(21,27)28/h2-3,7-10,12,15,22H,4-6,11,13-14H2,1H3,(H2,21,27,28). The van der Waals surface area contributed by atoms with Crippen LogP contribution >= 0.6 is 0 Å². The zero-order valence-electron chi connectivity index (χ0n) is 16.4. The lowest BCUT2D eigenvalue weighted by Gasteiger charge is -2.33. The number of primary sulfonamides is 1. The number of non-ortho nitro benzene ring substituents is 1. The lowest BCUT2D eigenvalue weighted by Crippen LogP contribution is -2.37. The van der Waals surface area contributed by atoms with E-state index in [0.717, 1.165) is 24.7 Å². The van der Waals surface area contributed by atoms with Gasteiger partial charge in [0.2, 0.25) is 10.0 Å². The Bertz CT molecular complexity index is 994. The minimum absolute atomic E-state index is 0.249. The highest BCUT2D eigenvalue weighted by molar-refractivity contribution is 7.89. The first kappa shape index (κ1) is 21.2. The summed E-state index contributed by atoms with van der Waals surface area (Å²) < 4.78 is 23.8. The zero-order valence-corrected chi connectivity index (χ0v) is 17.2. The average Bonchev–Trinajstić information content (AvgIpc) is 2.68. The molecular formula is C20H26N4O4S. The van der Waals surface area contributed by atoms with Gasteiger partial charge in [-0.1, -0.05) is 30.7 Å². The normalized spacial score (nSPS) is 17.8. The Kier molecular flexibility index (Phi) is 6.51. The maximum absolute atomic E-state index is 11.9. The second kappa shape index (κ2) is 8.89. The van der Waals surface area contributed by atoms with E-state index in [1.165, 1.54) is 37.0 Å². The molecule has 0 aliphatic carbocycles. The number of hydrogen-bond donors (Lipinski definition) is 2. The Labute approximate surface area is 170 Å². The molecule has 1 unspecified atom stereocenters. The van der Waals surface area contributed by atoms with Crippen LogP contribution in [-0.4, -0.2) is 30.8 Å². The van der Waals surface area contributed by atoms with Gasteiger partial charge in [0.05, 0.1) is 10.6 Å². The Morgan fingerprint density at radius 2 is 1.93 bits per heavy atom. The van der Waals surface area contributed by atoms with Crippen molar-refractivity contribution < 1.29 is 13.3 Å². The summed E-state index contributed by atoms with van der Waals surface area (Å²) in [7, 11) is -4.11. The van der Waals surface area contributed by atoms with Gasteiger partial charge in [0, 0.05) is 31.3 Å². The van der Waals surface area contributed by atoms with Crippen LogP contribution in [0.2, 0.25) is 0 Å². The van der Waals surface area contributed by atoms with E-state index in [9.17, 15) is 18.5 Å². The molecule has 0 saturated carbocycles.